The molecule has 3 nitrogen and oxygen atoms in total. The fourth-order valence-corrected chi connectivity index (χ4v) is 2.29. The molecule has 72 valence electrons. The molecule has 0 saturated carbocycles. The highest BCUT2D eigenvalue weighted by Crippen LogP contribution is 2.17. The number of piperidine rings is 1. The molecule has 1 aliphatic rings. The van der Waals surface area contributed by atoms with Crippen molar-refractivity contribution >= 4 is 11.0 Å². The first-order chi connectivity index (χ1) is 5.74. The summed E-state index contributed by atoms with van der Waals surface area (Å²) >= 11 is 0. The first-order valence-electron chi connectivity index (χ1n) is 4.31. The molecule has 0 aliphatic carbocycles. The first kappa shape index (κ1) is 10.2. The number of rotatable bonds is 3. The van der Waals surface area contributed by atoms with Crippen molar-refractivity contribution in [1.82, 2.24) is 4.31 Å². The van der Waals surface area contributed by atoms with Gasteiger partial charge >= 0.3 is 0 Å². The van der Waals surface area contributed by atoms with E-state index in [-0.39, 0.29) is 0 Å². The van der Waals surface area contributed by atoms with E-state index in [9.17, 15) is 4.21 Å². The topological polar surface area (TPSA) is 29.5 Å². The SMILES string of the molecule is COCC1CCN(S(C)=O)CC1. The molecule has 0 aromatic heterocycles. The molecule has 0 amide bonds. The van der Waals surface area contributed by atoms with Crippen LogP contribution < -0.4 is 0 Å². The fraction of sp³-hybridized carbons (Fsp3) is 1.00. The number of ether oxygens (including phenoxy) is 1. The molecule has 0 aromatic rings. The van der Waals surface area contributed by atoms with Gasteiger partial charge in [-0.15, -0.1) is 0 Å². The molecule has 12 heavy (non-hydrogen) atoms. The van der Waals surface area contributed by atoms with E-state index < -0.39 is 11.0 Å². The molecule has 1 atom stereocenters. The number of hydrogen-bond donors (Lipinski definition) is 0. The second-order valence-electron chi connectivity index (χ2n) is 3.25. The lowest BCUT2D eigenvalue weighted by Crippen LogP contribution is -2.35. The summed E-state index contributed by atoms with van der Waals surface area (Å²) in [6.07, 6.45) is 3.98. The van der Waals surface area contributed by atoms with E-state index in [0.717, 1.165) is 32.5 Å². The molecule has 1 fully saturated rings. The Labute approximate surface area is 76.7 Å². The van der Waals surface area contributed by atoms with Gasteiger partial charge in [0.1, 0.15) is 0 Å². The average Bonchev–Trinajstić information content (AvgIpc) is 2.06. The third-order valence-electron chi connectivity index (χ3n) is 2.34. The van der Waals surface area contributed by atoms with Crippen molar-refractivity contribution in [3.63, 3.8) is 0 Å². The van der Waals surface area contributed by atoms with Gasteiger partial charge in [0.25, 0.3) is 0 Å². The summed E-state index contributed by atoms with van der Waals surface area (Å²) in [7, 11) is 0.962. The smallest absolute Gasteiger partial charge is 0.0910 e. The fourth-order valence-electron chi connectivity index (χ4n) is 1.57. The maximum absolute atomic E-state index is 11.1. The zero-order valence-corrected chi connectivity index (χ0v) is 8.60. The van der Waals surface area contributed by atoms with E-state index in [1.165, 1.54) is 0 Å². The molecule has 1 unspecified atom stereocenters. The van der Waals surface area contributed by atoms with Gasteiger partial charge in [-0.05, 0) is 18.8 Å². The molecule has 0 bridgehead atoms. The van der Waals surface area contributed by atoms with Gasteiger partial charge in [-0.3, -0.25) is 0 Å². The highest BCUT2D eigenvalue weighted by molar-refractivity contribution is 7.81. The highest BCUT2D eigenvalue weighted by Gasteiger charge is 2.20. The summed E-state index contributed by atoms with van der Waals surface area (Å²) in [4.78, 5) is 0. The van der Waals surface area contributed by atoms with E-state index in [0.29, 0.717) is 5.92 Å². The maximum Gasteiger partial charge on any atom is 0.0910 e. The van der Waals surface area contributed by atoms with Gasteiger partial charge in [-0.25, -0.2) is 8.51 Å². The Bertz CT molecular complexity index is 155. The minimum absolute atomic E-state index is 0.676. The molecule has 1 rings (SSSR count). The summed E-state index contributed by atoms with van der Waals surface area (Å²) in [5, 5.41) is 0. The quantitative estimate of drug-likeness (QED) is 0.655. The largest absolute Gasteiger partial charge is 0.384 e. The van der Waals surface area contributed by atoms with Gasteiger partial charge in [0.15, 0.2) is 0 Å². The molecule has 0 aromatic carbocycles. The van der Waals surface area contributed by atoms with Crippen molar-refractivity contribution < 1.29 is 8.95 Å². The Hall–Kier alpha value is 0.0700. The van der Waals surface area contributed by atoms with Crippen LogP contribution in [0.1, 0.15) is 12.8 Å². The van der Waals surface area contributed by atoms with Crippen LogP contribution in [-0.4, -0.2) is 41.6 Å². The van der Waals surface area contributed by atoms with Gasteiger partial charge in [-0.1, -0.05) is 0 Å². The van der Waals surface area contributed by atoms with Crippen LogP contribution in [0.25, 0.3) is 0 Å². The standard InChI is InChI=1S/C8H17NO2S/c1-11-7-8-3-5-9(6-4-8)12(2)10/h8H,3-7H2,1-2H3. The van der Waals surface area contributed by atoms with Crippen LogP contribution in [0, 0.1) is 5.92 Å². The van der Waals surface area contributed by atoms with Crippen LogP contribution in [0.2, 0.25) is 0 Å². The van der Waals surface area contributed by atoms with E-state index in [1.807, 2.05) is 4.31 Å². The normalized spacial score (nSPS) is 24.2. The van der Waals surface area contributed by atoms with Crippen LogP contribution in [0.4, 0.5) is 0 Å². The van der Waals surface area contributed by atoms with Crippen LogP contribution >= 0.6 is 0 Å². The summed E-state index contributed by atoms with van der Waals surface area (Å²) < 4.78 is 18.2. The molecule has 4 heteroatoms. The van der Waals surface area contributed by atoms with Gasteiger partial charge in [0, 0.05) is 33.1 Å². The number of nitrogens with zero attached hydrogens (tertiary/aromatic N) is 1. The van der Waals surface area contributed by atoms with Crippen LogP contribution in [0.3, 0.4) is 0 Å². The first-order valence-corrected chi connectivity index (χ1v) is 5.83. The molecule has 1 saturated heterocycles. The predicted molar refractivity (Wildman–Crippen MR) is 50.2 cm³/mol. The Morgan fingerprint density at radius 3 is 2.50 bits per heavy atom. The minimum atomic E-state index is -0.778. The van der Waals surface area contributed by atoms with E-state index in [2.05, 4.69) is 0 Å². The van der Waals surface area contributed by atoms with E-state index in [1.54, 1.807) is 13.4 Å². The lowest BCUT2D eigenvalue weighted by molar-refractivity contribution is 0.122. The number of hydrogen-bond acceptors (Lipinski definition) is 2. The van der Waals surface area contributed by atoms with Gasteiger partial charge in [-0.2, -0.15) is 0 Å². The van der Waals surface area contributed by atoms with Crippen LogP contribution in [0.15, 0.2) is 0 Å². The lowest BCUT2D eigenvalue weighted by atomic mass is 9.99. The molecule has 0 spiro atoms. The van der Waals surface area contributed by atoms with Crippen molar-refractivity contribution in [2.75, 3.05) is 33.1 Å². The van der Waals surface area contributed by atoms with Crippen molar-refractivity contribution in [2.24, 2.45) is 5.92 Å². The third-order valence-corrected chi connectivity index (χ3v) is 3.43. The second kappa shape index (κ2) is 4.94. The molecule has 1 heterocycles. The van der Waals surface area contributed by atoms with Crippen LogP contribution in [0.5, 0.6) is 0 Å². The zero-order valence-electron chi connectivity index (χ0n) is 7.78. The summed E-state index contributed by atoms with van der Waals surface area (Å²) in [5.41, 5.74) is 0. The lowest BCUT2D eigenvalue weighted by Gasteiger charge is -2.29. The summed E-state index contributed by atoms with van der Waals surface area (Å²) in [6.45, 7) is 2.76. The van der Waals surface area contributed by atoms with Gasteiger partial charge in [0.2, 0.25) is 0 Å². The van der Waals surface area contributed by atoms with Crippen LogP contribution in [-0.2, 0) is 15.7 Å². The van der Waals surface area contributed by atoms with E-state index in [4.69, 9.17) is 4.74 Å². The Morgan fingerprint density at radius 1 is 1.50 bits per heavy atom. The maximum atomic E-state index is 11.1. The predicted octanol–water partition coefficient (Wildman–Crippen LogP) is 0.638. The van der Waals surface area contributed by atoms with Crippen molar-refractivity contribution in [1.29, 1.82) is 0 Å². The minimum Gasteiger partial charge on any atom is -0.384 e. The summed E-state index contributed by atoms with van der Waals surface area (Å²) in [5.74, 6) is 0.676. The van der Waals surface area contributed by atoms with Crippen molar-refractivity contribution in [3.05, 3.63) is 0 Å². The van der Waals surface area contributed by atoms with Gasteiger partial charge in [0.05, 0.1) is 11.0 Å². The monoisotopic (exact) mass is 191 g/mol. The Balaban J connectivity index is 2.25. The van der Waals surface area contributed by atoms with E-state index >= 15 is 0 Å². The Kier molecular flexibility index (Phi) is 4.18. The average molecular weight is 191 g/mol. The molecule has 0 N–H and O–H groups in total. The molecule has 0 radical (unpaired) electrons. The second-order valence-corrected chi connectivity index (χ2v) is 4.62. The third kappa shape index (κ3) is 2.84. The van der Waals surface area contributed by atoms with Gasteiger partial charge < -0.3 is 4.74 Å². The Morgan fingerprint density at radius 2 is 2.08 bits per heavy atom. The number of methoxy groups -OCH3 is 1. The molecular formula is C8H17NO2S. The molecule has 1 aliphatic heterocycles. The molecular weight excluding hydrogens is 174 g/mol. The summed E-state index contributed by atoms with van der Waals surface area (Å²) in [6, 6.07) is 0. The zero-order chi connectivity index (χ0) is 8.97. The van der Waals surface area contributed by atoms with Crippen molar-refractivity contribution in [2.45, 2.75) is 12.8 Å². The van der Waals surface area contributed by atoms with Crippen molar-refractivity contribution in [3.8, 4) is 0 Å². The highest BCUT2D eigenvalue weighted by atomic mass is 32.2.